The van der Waals surface area contributed by atoms with E-state index in [1.807, 2.05) is 13.0 Å². The van der Waals surface area contributed by atoms with Gasteiger partial charge in [0.05, 0.1) is 18.2 Å². The topological polar surface area (TPSA) is 95.9 Å². The van der Waals surface area contributed by atoms with Gasteiger partial charge in [0.15, 0.2) is 0 Å². The second-order valence-electron chi connectivity index (χ2n) is 6.07. The molecule has 0 bridgehead atoms. The zero-order valence-electron chi connectivity index (χ0n) is 14.8. The minimum atomic E-state index is -1.09. The van der Waals surface area contributed by atoms with Gasteiger partial charge in [-0.15, -0.1) is 6.58 Å². The average Bonchev–Trinajstić information content (AvgIpc) is 3.00. The summed E-state index contributed by atoms with van der Waals surface area (Å²) in [6.07, 6.45) is 2.39. The van der Waals surface area contributed by atoms with Crippen molar-refractivity contribution in [1.82, 2.24) is 5.32 Å². The van der Waals surface area contributed by atoms with Crippen molar-refractivity contribution in [2.24, 2.45) is 5.92 Å². The number of carbonyl (C=O) groups excluding carboxylic acids is 2. The third-order valence-corrected chi connectivity index (χ3v) is 4.23. The highest BCUT2D eigenvalue weighted by Crippen LogP contribution is 2.33. The van der Waals surface area contributed by atoms with Crippen molar-refractivity contribution in [3.63, 3.8) is 0 Å². The Bertz CT molecular complexity index is 688. The van der Waals surface area contributed by atoms with E-state index in [9.17, 15) is 19.5 Å². The summed E-state index contributed by atoms with van der Waals surface area (Å²) in [5, 5.41) is 11.8. The number of nitrogens with one attached hydrogen (secondary N) is 1. The van der Waals surface area contributed by atoms with Crippen LogP contribution in [0, 0.1) is 5.92 Å². The van der Waals surface area contributed by atoms with Crippen LogP contribution in [0.15, 0.2) is 36.9 Å². The molecule has 1 aliphatic heterocycles. The lowest BCUT2D eigenvalue weighted by Gasteiger charge is -2.20. The molecule has 0 aliphatic carbocycles. The predicted octanol–water partition coefficient (Wildman–Crippen LogP) is 1.97. The molecule has 0 spiro atoms. The number of carboxylic acid groups (broad SMARTS) is 1. The molecule has 1 aromatic rings. The van der Waals surface area contributed by atoms with Crippen LogP contribution in [0.3, 0.4) is 0 Å². The molecule has 2 rings (SSSR count). The number of carbonyl (C=O) groups is 3. The molecule has 7 nitrogen and oxygen atoms in total. The highest BCUT2D eigenvalue weighted by atomic mass is 16.5. The Balaban J connectivity index is 2.08. The number of para-hydroxylation sites is 2. The molecule has 2 N–H and O–H groups in total. The van der Waals surface area contributed by atoms with Gasteiger partial charge in [-0.05, 0) is 31.9 Å². The molecular weight excluding hydrogens is 336 g/mol. The molecule has 1 saturated heterocycles. The van der Waals surface area contributed by atoms with Crippen molar-refractivity contribution >= 4 is 23.5 Å². The minimum absolute atomic E-state index is 0.0418. The number of allylic oxidation sites excluding steroid dienone is 1. The van der Waals surface area contributed by atoms with E-state index in [0.29, 0.717) is 24.5 Å². The summed E-state index contributed by atoms with van der Waals surface area (Å²) in [5.41, 5.74) is 0.621. The lowest BCUT2D eigenvalue weighted by atomic mass is 10.1. The number of amides is 2. The molecule has 0 radical (unpaired) electrons. The van der Waals surface area contributed by atoms with E-state index in [-0.39, 0.29) is 25.3 Å². The van der Waals surface area contributed by atoms with Crippen LogP contribution in [0.2, 0.25) is 0 Å². The molecule has 0 aromatic heterocycles. The molecular formula is C19H24N2O5. The summed E-state index contributed by atoms with van der Waals surface area (Å²) in [4.78, 5) is 37.6. The van der Waals surface area contributed by atoms with Crippen LogP contribution in [0.5, 0.6) is 5.75 Å². The van der Waals surface area contributed by atoms with Gasteiger partial charge in [-0.25, -0.2) is 4.79 Å². The van der Waals surface area contributed by atoms with Crippen molar-refractivity contribution in [3.05, 3.63) is 36.9 Å². The van der Waals surface area contributed by atoms with Crippen molar-refractivity contribution < 1.29 is 24.2 Å². The van der Waals surface area contributed by atoms with Crippen LogP contribution in [-0.4, -0.2) is 42.1 Å². The highest BCUT2D eigenvalue weighted by molar-refractivity contribution is 6.01. The van der Waals surface area contributed by atoms with Gasteiger partial charge in [-0.3, -0.25) is 9.59 Å². The Morgan fingerprint density at radius 1 is 1.46 bits per heavy atom. The summed E-state index contributed by atoms with van der Waals surface area (Å²) in [5.74, 6) is -1.72. The molecule has 1 heterocycles. The van der Waals surface area contributed by atoms with E-state index >= 15 is 0 Å². The maximum Gasteiger partial charge on any atom is 0.326 e. The van der Waals surface area contributed by atoms with Gasteiger partial charge in [0, 0.05) is 13.0 Å². The van der Waals surface area contributed by atoms with Crippen molar-refractivity contribution in [2.45, 2.75) is 32.2 Å². The van der Waals surface area contributed by atoms with Gasteiger partial charge in [-0.1, -0.05) is 18.2 Å². The summed E-state index contributed by atoms with van der Waals surface area (Å²) in [6.45, 7) is 6.07. The van der Waals surface area contributed by atoms with E-state index in [1.54, 1.807) is 24.3 Å². The first kappa shape index (κ1) is 19.5. The van der Waals surface area contributed by atoms with Crippen molar-refractivity contribution in [2.75, 3.05) is 18.1 Å². The normalized spacial score (nSPS) is 17.7. The minimum Gasteiger partial charge on any atom is -0.492 e. The number of aliphatic carboxylic acids is 1. The molecule has 140 valence electrons. The number of carboxylic acids is 1. The summed E-state index contributed by atoms with van der Waals surface area (Å²) in [6, 6.07) is 6.17. The number of rotatable bonds is 9. The van der Waals surface area contributed by atoms with E-state index in [1.165, 1.54) is 4.90 Å². The summed E-state index contributed by atoms with van der Waals surface area (Å²) < 4.78 is 5.55. The van der Waals surface area contributed by atoms with Gasteiger partial charge in [-0.2, -0.15) is 0 Å². The molecule has 0 saturated carbocycles. The summed E-state index contributed by atoms with van der Waals surface area (Å²) in [7, 11) is 0. The van der Waals surface area contributed by atoms with E-state index in [0.717, 1.165) is 0 Å². The second kappa shape index (κ2) is 9.03. The quantitative estimate of drug-likeness (QED) is 0.657. The van der Waals surface area contributed by atoms with Crippen LogP contribution in [0.4, 0.5) is 5.69 Å². The van der Waals surface area contributed by atoms with Crippen LogP contribution in [0.25, 0.3) is 0 Å². The smallest absolute Gasteiger partial charge is 0.326 e. The number of anilines is 1. The number of hydrogen-bond acceptors (Lipinski definition) is 4. The Kier molecular flexibility index (Phi) is 6.77. The van der Waals surface area contributed by atoms with E-state index in [4.69, 9.17) is 4.74 Å². The van der Waals surface area contributed by atoms with E-state index in [2.05, 4.69) is 11.9 Å². The Labute approximate surface area is 152 Å². The molecule has 1 aliphatic rings. The molecule has 1 aromatic carbocycles. The predicted molar refractivity (Wildman–Crippen MR) is 97.1 cm³/mol. The largest absolute Gasteiger partial charge is 0.492 e. The average molecular weight is 360 g/mol. The van der Waals surface area contributed by atoms with Gasteiger partial charge >= 0.3 is 5.97 Å². The van der Waals surface area contributed by atoms with Gasteiger partial charge in [0.2, 0.25) is 11.8 Å². The zero-order chi connectivity index (χ0) is 19.1. The standard InChI is InChI=1S/C19H24N2O5/c1-3-5-8-14(19(24)25)20-18(23)13-11-17(22)21(12-13)15-9-6-7-10-16(15)26-4-2/h3,6-7,9-10,13-14H,1,4-5,8,11-12H2,2H3,(H,20,23)(H,24,25). The van der Waals surface area contributed by atoms with Gasteiger partial charge in [0.25, 0.3) is 0 Å². The highest BCUT2D eigenvalue weighted by Gasteiger charge is 2.37. The third-order valence-electron chi connectivity index (χ3n) is 4.23. The first-order valence-electron chi connectivity index (χ1n) is 8.64. The molecule has 26 heavy (non-hydrogen) atoms. The first-order valence-corrected chi connectivity index (χ1v) is 8.64. The van der Waals surface area contributed by atoms with Gasteiger partial charge in [0.1, 0.15) is 11.8 Å². The Morgan fingerprint density at radius 3 is 2.85 bits per heavy atom. The van der Waals surface area contributed by atoms with Crippen molar-refractivity contribution in [3.8, 4) is 5.75 Å². The Morgan fingerprint density at radius 2 is 2.19 bits per heavy atom. The molecule has 2 amide bonds. The number of ether oxygens (including phenoxy) is 1. The maximum atomic E-state index is 12.4. The van der Waals surface area contributed by atoms with E-state index < -0.39 is 23.8 Å². The molecule has 7 heteroatoms. The fraction of sp³-hybridized carbons (Fsp3) is 0.421. The van der Waals surface area contributed by atoms with Gasteiger partial charge < -0.3 is 20.1 Å². The number of benzene rings is 1. The zero-order valence-corrected chi connectivity index (χ0v) is 14.8. The van der Waals surface area contributed by atoms with Crippen LogP contribution in [-0.2, 0) is 14.4 Å². The van der Waals surface area contributed by atoms with Crippen LogP contribution < -0.4 is 15.0 Å². The monoisotopic (exact) mass is 360 g/mol. The van der Waals surface area contributed by atoms with Crippen LogP contribution >= 0.6 is 0 Å². The summed E-state index contributed by atoms with van der Waals surface area (Å²) >= 11 is 0. The second-order valence-corrected chi connectivity index (χ2v) is 6.07. The molecule has 2 atom stereocenters. The lowest BCUT2D eigenvalue weighted by Crippen LogP contribution is -2.44. The lowest BCUT2D eigenvalue weighted by molar-refractivity contribution is -0.142. The Hall–Kier alpha value is -2.83. The number of nitrogens with zero attached hydrogens (tertiary/aromatic N) is 1. The molecule has 1 fully saturated rings. The first-order chi connectivity index (χ1) is 12.5. The fourth-order valence-corrected chi connectivity index (χ4v) is 2.91. The fourth-order valence-electron chi connectivity index (χ4n) is 2.91. The van der Waals surface area contributed by atoms with Crippen LogP contribution in [0.1, 0.15) is 26.2 Å². The number of hydrogen-bond donors (Lipinski definition) is 2. The maximum absolute atomic E-state index is 12.4. The molecule has 2 unspecified atom stereocenters. The third kappa shape index (κ3) is 4.62. The SMILES string of the molecule is C=CCCC(NC(=O)C1CC(=O)N(c2ccccc2OCC)C1)C(=O)O. The van der Waals surface area contributed by atoms with Crippen molar-refractivity contribution in [1.29, 1.82) is 0 Å².